The number of amides is 2. The van der Waals surface area contributed by atoms with Gasteiger partial charge in [0.15, 0.2) is 9.84 Å². The largest absolute Gasteiger partial charge is 0.351 e. The lowest BCUT2D eigenvalue weighted by molar-refractivity contribution is -0.118. The lowest BCUT2D eigenvalue weighted by Crippen LogP contribution is -2.33. The van der Waals surface area contributed by atoms with Crippen molar-refractivity contribution in [2.45, 2.75) is 6.54 Å². The molecule has 0 unspecified atom stereocenters. The van der Waals surface area contributed by atoms with Gasteiger partial charge in [0, 0.05) is 12.2 Å². The number of anilines is 1. The van der Waals surface area contributed by atoms with E-state index in [2.05, 4.69) is 10.6 Å². The minimum absolute atomic E-state index is 0.205. The van der Waals surface area contributed by atoms with E-state index in [-0.39, 0.29) is 12.2 Å². The maximum atomic E-state index is 12.8. The molecule has 0 aliphatic rings. The van der Waals surface area contributed by atoms with Crippen LogP contribution in [-0.4, -0.2) is 31.7 Å². The molecule has 0 heterocycles. The maximum absolute atomic E-state index is 12.8. The molecular weight excluding hydrogens is 347 g/mol. The fourth-order valence-electron chi connectivity index (χ4n) is 2.03. The van der Waals surface area contributed by atoms with Gasteiger partial charge in [-0.15, -0.1) is 0 Å². The van der Waals surface area contributed by atoms with Crippen molar-refractivity contribution in [1.29, 1.82) is 0 Å². The maximum Gasteiger partial charge on any atom is 0.239 e. The van der Waals surface area contributed by atoms with Crippen molar-refractivity contribution in [3.63, 3.8) is 0 Å². The molecule has 132 valence electrons. The number of sulfone groups is 1. The van der Waals surface area contributed by atoms with Crippen LogP contribution in [0.25, 0.3) is 0 Å². The quantitative estimate of drug-likeness (QED) is 0.779. The zero-order valence-corrected chi connectivity index (χ0v) is 14.1. The first kappa shape index (κ1) is 18.6. The van der Waals surface area contributed by atoms with Crippen LogP contribution in [0.5, 0.6) is 0 Å². The molecule has 0 fully saturated rings. The molecule has 0 saturated heterocycles. The number of rotatable bonds is 7. The van der Waals surface area contributed by atoms with Gasteiger partial charge in [0.25, 0.3) is 0 Å². The van der Waals surface area contributed by atoms with E-state index in [1.807, 2.05) is 6.07 Å². The Bertz CT molecular complexity index is 837. The van der Waals surface area contributed by atoms with Gasteiger partial charge in [-0.25, -0.2) is 12.8 Å². The second-order valence-corrected chi connectivity index (χ2v) is 7.41. The van der Waals surface area contributed by atoms with Crippen LogP contribution in [0.3, 0.4) is 0 Å². The molecule has 8 heteroatoms. The van der Waals surface area contributed by atoms with E-state index in [1.165, 1.54) is 12.1 Å². The number of benzene rings is 2. The molecule has 2 aromatic carbocycles. The van der Waals surface area contributed by atoms with Crippen LogP contribution in [0.2, 0.25) is 0 Å². The highest BCUT2D eigenvalue weighted by Gasteiger charge is 2.20. The standard InChI is InChI=1S/C17H17FN2O4S/c18-14-6-8-15(9-7-14)20-17(22)12-25(23,24)11-16(21)19-10-13-4-2-1-3-5-13/h1-9H,10-12H2,(H,19,21)(H,20,22). The van der Waals surface area contributed by atoms with Crippen molar-refractivity contribution < 1.29 is 22.4 Å². The van der Waals surface area contributed by atoms with Crippen molar-refractivity contribution in [3.8, 4) is 0 Å². The molecule has 0 bridgehead atoms. The van der Waals surface area contributed by atoms with Gasteiger partial charge >= 0.3 is 0 Å². The third-order valence-electron chi connectivity index (χ3n) is 3.16. The molecule has 2 rings (SSSR count). The van der Waals surface area contributed by atoms with Crippen LogP contribution in [0.4, 0.5) is 10.1 Å². The number of carbonyl (C=O) groups excluding carboxylic acids is 2. The zero-order chi connectivity index (χ0) is 18.3. The molecule has 2 aromatic rings. The number of hydrogen-bond acceptors (Lipinski definition) is 4. The van der Waals surface area contributed by atoms with Crippen molar-refractivity contribution >= 4 is 27.3 Å². The molecule has 0 saturated carbocycles. The van der Waals surface area contributed by atoms with E-state index in [0.717, 1.165) is 17.7 Å². The highest BCUT2D eigenvalue weighted by Crippen LogP contribution is 2.08. The second kappa shape index (κ2) is 8.39. The Morgan fingerprint density at radius 3 is 2.12 bits per heavy atom. The first-order valence-corrected chi connectivity index (χ1v) is 9.23. The Kier molecular flexibility index (Phi) is 6.24. The number of halogens is 1. The van der Waals surface area contributed by atoms with Crippen molar-refractivity contribution in [1.82, 2.24) is 5.32 Å². The summed E-state index contributed by atoms with van der Waals surface area (Å²) in [6.07, 6.45) is 0. The van der Waals surface area contributed by atoms with Gasteiger partial charge in [0.1, 0.15) is 17.3 Å². The van der Waals surface area contributed by atoms with Crippen LogP contribution < -0.4 is 10.6 Å². The highest BCUT2D eigenvalue weighted by molar-refractivity contribution is 7.92. The van der Waals surface area contributed by atoms with E-state index in [4.69, 9.17) is 0 Å². The van der Waals surface area contributed by atoms with Gasteiger partial charge in [0.05, 0.1) is 0 Å². The summed E-state index contributed by atoms with van der Waals surface area (Å²) in [5, 5.41) is 4.83. The smallest absolute Gasteiger partial charge is 0.239 e. The topological polar surface area (TPSA) is 92.3 Å². The summed E-state index contributed by atoms with van der Waals surface area (Å²) in [6, 6.07) is 13.9. The highest BCUT2D eigenvalue weighted by atomic mass is 32.2. The number of carbonyl (C=O) groups is 2. The van der Waals surface area contributed by atoms with Crippen LogP contribution in [-0.2, 0) is 26.0 Å². The molecule has 0 aliphatic heterocycles. The summed E-state index contributed by atoms with van der Waals surface area (Å²) in [4.78, 5) is 23.5. The lowest BCUT2D eigenvalue weighted by atomic mass is 10.2. The van der Waals surface area contributed by atoms with E-state index < -0.39 is 39.0 Å². The summed E-state index contributed by atoms with van der Waals surface area (Å²) in [7, 11) is -3.91. The van der Waals surface area contributed by atoms with Gasteiger partial charge in [0.2, 0.25) is 11.8 Å². The molecular formula is C17H17FN2O4S. The Hall–Kier alpha value is -2.74. The molecule has 25 heavy (non-hydrogen) atoms. The summed E-state index contributed by atoms with van der Waals surface area (Å²) < 4.78 is 36.6. The summed E-state index contributed by atoms with van der Waals surface area (Å²) in [5.74, 6) is -3.55. The van der Waals surface area contributed by atoms with E-state index >= 15 is 0 Å². The zero-order valence-electron chi connectivity index (χ0n) is 13.2. The van der Waals surface area contributed by atoms with Gasteiger partial charge < -0.3 is 10.6 Å². The fraction of sp³-hybridized carbons (Fsp3) is 0.176. The number of hydrogen-bond donors (Lipinski definition) is 2. The molecule has 2 N–H and O–H groups in total. The van der Waals surface area contributed by atoms with Gasteiger partial charge in [-0.2, -0.15) is 0 Å². The Balaban J connectivity index is 1.82. The van der Waals surface area contributed by atoms with E-state index in [1.54, 1.807) is 24.3 Å². The van der Waals surface area contributed by atoms with Gasteiger partial charge in [-0.05, 0) is 29.8 Å². The molecule has 2 amide bonds. The Labute approximate surface area is 145 Å². The fourth-order valence-corrected chi connectivity index (χ4v) is 3.10. The predicted octanol–water partition coefficient (Wildman–Crippen LogP) is 1.50. The van der Waals surface area contributed by atoms with Crippen molar-refractivity contribution in [2.24, 2.45) is 0 Å². The first-order chi connectivity index (χ1) is 11.8. The van der Waals surface area contributed by atoms with E-state index in [0.29, 0.717) is 0 Å². The minimum atomic E-state index is -3.91. The molecule has 0 atom stereocenters. The monoisotopic (exact) mass is 364 g/mol. The van der Waals surface area contributed by atoms with Crippen LogP contribution in [0.15, 0.2) is 54.6 Å². The lowest BCUT2D eigenvalue weighted by Gasteiger charge is -2.07. The molecule has 0 aliphatic carbocycles. The molecule has 0 aromatic heterocycles. The van der Waals surface area contributed by atoms with Crippen molar-refractivity contribution in [3.05, 3.63) is 66.0 Å². The average molecular weight is 364 g/mol. The summed E-state index contributed by atoms with van der Waals surface area (Å²) in [5.41, 5.74) is 1.11. The third-order valence-corrected chi connectivity index (χ3v) is 4.57. The first-order valence-electron chi connectivity index (χ1n) is 7.40. The van der Waals surface area contributed by atoms with Gasteiger partial charge in [-0.3, -0.25) is 9.59 Å². The second-order valence-electron chi connectivity index (χ2n) is 5.35. The Morgan fingerprint density at radius 1 is 0.880 bits per heavy atom. The summed E-state index contributed by atoms with van der Waals surface area (Å²) >= 11 is 0. The Morgan fingerprint density at radius 2 is 1.48 bits per heavy atom. The van der Waals surface area contributed by atoms with Gasteiger partial charge in [-0.1, -0.05) is 30.3 Å². The normalized spacial score (nSPS) is 10.9. The SMILES string of the molecule is O=C(CS(=O)(=O)CC(=O)Nc1ccc(F)cc1)NCc1ccccc1. The van der Waals surface area contributed by atoms with Crippen LogP contribution >= 0.6 is 0 Å². The van der Waals surface area contributed by atoms with E-state index in [9.17, 15) is 22.4 Å². The minimum Gasteiger partial charge on any atom is -0.351 e. The molecule has 6 nitrogen and oxygen atoms in total. The van der Waals surface area contributed by atoms with Crippen LogP contribution in [0.1, 0.15) is 5.56 Å². The summed E-state index contributed by atoms with van der Waals surface area (Å²) in [6.45, 7) is 0.205. The van der Waals surface area contributed by atoms with Crippen LogP contribution in [0, 0.1) is 5.82 Å². The number of nitrogens with one attached hydrogen (secondary N) is 2. The predicted molar refractivity (Wildman–Crippen MR) is 92.0 cm³/mol. The molecule has 0 radical (unpaired) electrons. The molecule has 0 spiro atoms. The van der Waals surface area contributed by atoms with Crippen molar-refractivity contribution in [2.75, 3.05) is 16.8 Å². The third kappa shape index (κ3) is 6.72. The average Bonchev–Trinajstić information content (AvgIpc) is 2.55.